The molecule has 102 valence electrons. The highest BCUT2D eigenvalue weighted by atomic mass is 35.5. The summed E-state index contributed by atoms with van der Waals surface area (Å²) in [4.78, 5) is 0. The Balaban J connectivity index is 2.70. The second-order valence-electron chi connectivity index (χ2n) is 5.10. The van der Waals surface area contributed by atoms with Crippen LogP contribution in [0, 0.1) is 11.7 Å². The van der Waals surface area contributed by atoms with Crippen LogP contribution in [0.15, 0.2) is 18.2 Å². The molecular weight excluding hydrogens is 249 g/mol. The van der Waals surface area contributed by atoms with Crippen molar-refractivity contribution in [2.75, 3.05) is 6.54 Å². The lowest BCUT2D eigenvalue weighted by atomic mass is 9.98. The largest absolute Gasteiger partial charge is 0.310 e. The van der Waals surface area contributed by atoms with E-state index < -0.39 is 0 Å². The van der Waals surface area contributed by atoms with E-state index in [1.807, 2.05) is 0 Å². The molecule has 0 aromatic heterocycles. The number of hydrogen-bond acceptors (Lipinski definition) is 1. The molecule has 1 aromatic carbocycles. The van der Waals surface area contributed by atoms with E-state index >= 15 is 0 Å². The van der Waals surface area contributed by atoms with E-state index in [2.05, 4.69) is 26.1 Å². The molecule has 0 spiro atoms. The molecule has 0 amide bonds. The highest BCUT2D eigenvalue weighted by Crippen LogP contribution is 2.27. The van der Waals surface area contributed by atoms with Crippen molar-refractivity contribution in [3.8, 4) is 0 Å². The quantitative estimate of drug-likeness (QED) is 0.739. The number of rotatable bonds is 7. The zero-order chi connectivity index (χ0) is 13.5. The third kappa shape index (κ3) is 4.95. The first-order valence-corrected chi connectivity index (χ1v) is 7.10. The maximum absolute atomic E-state index is 13.0. The number of hydrogen-bond donors (Lipinski definition) is 1. The lowest BCUT2D eigenvalue weighted by Gasteiger charge is -2.20. The topological polar surface area (TPSA) is 12.0 Å². The summed E-state index contributed by atoms with van der Waals surface area (Å²) in [5, 5.41) is 3.95. The van der Waals surface area contributed by atoms with Crippen molar-refractivity contribution in [1.29, 1.82) is 0 Å². The summed E-state index contributed by atoms with van der Waals surface area (Å²) < 4.78 is 13.0. The highest BCUT2D eigenvalue weighted by molar-refractivity contribution is 6.31. The third-order valence-corrected chi connectivity index (χ3v) is 3.39. The molecule has 0 radical (unpaired) electrons. The third-order valence-electron chi connectivity index (χ3n) is 3.06. The summed E-state index contributed by atoms with van der Waals surface area (Å²) in [5.41, 5.74) is 1.00. The van der Waals surface area contributed by atoms with Gasteiger partial charge in [0.05, 0.1) is 0 Å². The van der Waals surface area contributed by atoms with Gasteiger partial charge in [-0.1, -0.05) is 51.3 Å². The van der Waals surface area contributed by atoms with E-state index in [9.17, 15) is 4.39 Å². The minimum Gasteiger partial charge on any atom is -0.310 e. The van der Waals surface area contributed by atoms with Crippen LogP contribution >= 0.6 is 11.6 Å². The lowest BCUT2D eigenvalue weighted by Crippen LogP contribution is -2.21. The standard InChI is InChI=1S/C15H23ClFN/c1-4-18-15(7-5-6-11(2)3)13-9-8-12(17)10-14(13)16/h8-11,15,18H,4-7H2,1-3H3. The molecule has 0 saturated heterocycles. The smallest absolute Gasteiger partial charge is 0.124 e. The van der Waals surface area contributed by atoms with Crippen LogP contribution in [0.1, 0.15) is 51.6 Å². The Hall–Kier alpha value is -0.600. The molecule has 0 aliphatic carbocycles. The van der Waals surface area contributed by atoms with Gasteiger partial charge in [-0.05, 0) is 36.6 Å². The van der Waals surface area contributed by atoms with Gasteiger partial charge < -0.3 is 5.32 Å². The SMILES string of the molecule is CCNC(CCCC(C)C)c1ccc(F)cc1Cl. The molecule has 0 heterocycles. The van der Waals surface area contributed by atoms with E-state index in [4.69, 9.17) is 11.6 Å². The van der Waals surface area contributed by atoms with Gasteiger partial charge in [0.25, 0.3) is 0 Å². The number of halogens is 2. The van der Waals surface area contributed by atoms with Gasteiger partial charge in [0, 0.05) is 11.1 Å². The Kier molecular flexibility index (Phi) is 6.66. The molecular formula is C15H23ClFN. The van der Waals surface area contributed by atoms with Crippen molar-refractivity contribution in [3.63, 3.8) is 0 Å². The molecule has 1 aromatic rings. The average molecular weight is 272 g/mol. The second kappa shape index (κ2) is 7.75. The van der Waals surface area contributed by atoms with Crippen molar-refractivity contribution in [2.45, 2.75) is 46.1 Å². The minimum absolute atomic E-state index is 0.224. The van der Waals surface area contributed by atoms with Gasteiger partial charge in [0.1, 0.15) is 5.82 Å². The lowest BCUT2D eigenvalue weighted by molar-refractivity contribution is 0.455. The zero-order valence-corrected chi connectivity index (χ0v) is 12.2. The first kappa shape index (κ1) is 15.5. The normalized spacial score (nSPS) is 13.0. The summed E-state index contributed by atoms with van der Waals surface area (Å²) >= 11 is 6.12. The molecule has 0 fully saturated rings. The van der Waals surface area contributed by atoms with Gasteiger partial charge in [-0.2, -0.15) is 0 Å². The fraction of sp³-hybridized carbons (Fsp3) is 0.600. The molecule has 0 aliphatic heterocycles. The zero-order valence-electron chi connectivity index (χ0n) is 11.5. The van der Waals surface area contributed by atoms with Crippen LogP contribution in [0.2, 0.25) is 5.02 Å². The summed E-state index contributed by atoms with van der Waals surface area (Å²) in [6, 6.07) is 4.89. The Morgan fingerprint density at radius 3 is 2.56 bits per heavy atom. The molecule has 1 rings (SSSR count). The van der Waals surface area contributed by atoms with E-state index in [1.165, 1.54) is 18.6 Å². The summed E-state index contributed by atoms with van der Waals surface area (Å²) in [6.07, 6.45) is 3.40. The van der Waals surface area contributed by atoms with Crippen molar-refractivity contribution in [1.82, 2.24) is 5.32 Å². The average Bonchev–Trinajstić information content (AvgIpc) is 2.28. The Morgan fingerprint density at radius 2 is 2.00 bits per heavy atom. The van der Waals surface area contributed by atoms with Crippen LogP contribution < -0.4 is 5.32 Å². The predicted molar refractivity (Wildman–Crippen MR) is 76.5 cm³/mol. The first-order valence-electron chi connectivity index (χ1n) is 6.73. The van der Waals surface area contributed by atoms with Crippen molar-refractivity contribution in [3.05, 3.63) is 34.6 Å². The molecule has 0 bridgehead atoms. The van der Waals surface area contributed by atoms with Crippen LogP contribution in [0.25, 0.3) is 0 Å². The summed E-state index contributed by atoms with van der Waals surface area (Å²) in [6.45, 7) is 7.42. The fourth-order valence-electron chi connectivity index (χ4n) is 2.13. The van der Waals surface area contributed by atoms with Gasteiger partial charge in [-0.3, -0.25) is 0 Å². The molecule has 0 saturated carbocycles. The van der Waals surface area contributed by atoms with E-state index in [1.54, 1.807) is 6.07 Å². The second-order valence-corrected chi connectivity index (χ2v) is 5.51. The van der Waals surface area contributed by atoms with Crippen LogP contribution in [-0.4, -0.2) is 6.54 Å². The van der Waals surface area contributed by atoms with Gasteiger partial charge in [0.2, 0.25) is 0 Å². The van der Waals surface area contributed by atoms with Crippen LogP contribution in [0.3, 0.4) is 0 Å². The minimum atomic E-state index is -0.277. The maximum atomic E-state index is 13.0. The Bertz CT molecular complexity index is 366. The van der Waals surface area contributed by atoms with Crippen molar-refractivity contribution < 1.29 is 4.39 Å². The molecule has 1 unspecified atom stereocenters. The monoisotopic (exact) mass is 271 g/mol. The fourth-order valence-corrected chi connectivity index (χ4v) is 2.43. The predicted octanol–water partition coefficient (Wildman–Crippen LogP) is 4.96. The van der Waals surface area contributed by atoms with Crippen LogP contribution in [0.4, 0.5) is 4.39 Å². The summed E-state index contributed by atoms with van der Waals surface area (Å²) in [5.74, 6) is 0.442. The maximum Gasteiger partial charge on any atom is 0.124 e. The van der Waals surface area contributed by atoms with E-state index in [0.29, 0.717) is 5.02 Å². The molecule has 1 atom stereocenters. The van der Waals surface area contributed by atoms with Gasteiger partial charge in [-0.25, -0.2) is 4.39 Å². The molecule has 0 aliphatic rings. The Labute approximate surface area is 115 Å². The summed E-state index contributed by atoms with van der Waals surface area (Å²) in [7, 11) is 0. The highest BCUT2D eigenvalue weighted by Gasteiger charge is 2.14. The van der Waals surface area contributed by atoms with Crippen molar-refractivity contribution >= 4 is 11.6 Å². The molecule has 1 nitrogen and oxygen atoms in total. The molecule has 18 heavy (non-hydrogen) atoms. The van der Waals surface area contributed by atoms with Crippen LogP contribution in [0.5, 0.6) is 0 Å². The molecule has 1 N–H and O–H groups in total. The van der Waals surface area contributed by atoms with Gasteiger partial charge >= 0.3 is 0 Å². The first-order chi connectivity index (χ1) is 8.54. The van der Waals surface area contributed by atoms with E-state index in [0.717, 1.165) is 30.9 Å². The van der Waals surface area contributed by atoms with E-state index in [-0.39, 0.29) is 11.9 Å². The van der Waals surface area contributed by atoms with Gasteiger partial charge in [-0.15, -0.1) is 0 Å². The number of nitrogens with one attached hydrogen (secondary N) is 1. The van der Waals surface area contributed by atoms with Gasteiger partial charge in [0.15, 0.2) is 0 Å². The molecule has 3 heteroatoms. The number of benzene rings is 1. The Morgan fingerprint density at radius 1 is 1.28 bits per heavy atom. The van der Waals surface area contributed by atoms with Crippen molar-refractivity contribution in [2.24, 2.45) is 5.92 Å². The van der Waals surface area contributed by atoms with Crippen LogP contribution in [-0.2, 0) is 0 Å².